The Balaban J connectivity index is 1.94. The van der Waals surface area contributed by atoms with Crippen LogP contribution < -0.4 is 5.76 Å². The minimum Gasteiger partial charge on any atom is -0.408 e. The summed E-state index contributed by atoms with van der Waals surface area (Å²) < 4.78 is 6.68. The highest BCUT2D eigenvalue weighted by atomic mass is 16.4. The largest absolute Gasteiger partial charge is 0.417 e. The van der Waals surface area contributed by atoms with Crippen molar-refractivity contribution in [3.8, 4) is 11.3 Å². The molecule has 0 saturated carbocycles. The first kappa shape index (κ1) is 10.1. The SMILES string of the molecule is O=c1[nH]c2cc(-c3ccc4nccn4n3)ccc2o1. The highest BCUT2D eigenvalue weighted by molar-refractivity contribution is 5.79. The molecule has 0 aliphatic heterocycles. The molecule has 92 valence electrons. The van der Waals surface area contributed by atoms with Crippen LogP contribution in [0.1, 0.15) is 0 Å². The average Bonchev–Trinajstić information content (AvgIpc) is 3.01. The number of H-pyrrole nitrogens is 1. The van der Waals surface area contributed by atoms with Crippen molar-refractivity contribution in [2.45, 2.75) is 0 Å². The van der Waals surface area contributed by atoms with E-state index in [1.54, 1.807) is 23.0 Å². The highest BCUT2D eigenvalue weighted by Gasteiger charge is 2.06. The van der Waals surface area contributed by atoms with E-state index in [1.165, 1.54) is 0 Å². The Hall–Kier alpha value is -2.89. The summed E-state index contributed by atoms with van der Waals surface area (Å²) in [5.41, 5.74) is 3.70. The van der Waals surface area contributed by atoms with Gasteiger partial charge in [0.05, 0.1) is 11.2 Å². The van der Waals surface area contributed by atoms with Gasteiger partial charge in [-0.2, -0.15) is 5.10 Å². The summed E-state index contributed by atoms with van der Waals surface area (Å²) in [7, 11) is 0. The average molecular weight is 252 g/mol. The molecule has 19 heavy (non-hydrogen) atoms. The van der Waals surface area contributed by atoms with Crippen LogP contribution in [0.5, 0.6) is 0 Å². The van der Waals surface area contributed by atoms with E-state index in [4.69, 9.17) is 4.42 Å². The van der Waals surface area contributed by atoms with Crippen molar-refractivity contribution >= 4 is 16.7 Å². The van der Waals surface area contributed by atoms with E-state index < -0.39 is 5.76 Å². The summed E-state index contributed by atoms with van der Waals surface area (Å²) >= 11 is 0. The maximum absolute atomic E-state index is 11.1. The lowest BCUT2D eigenvalue weighted by Gasteiger charge is -2.01. The van der Waals surface area contributed by atoms with E-state index >= 15 is 0 Å². The molecule has 3 aromatic heterocycles. The maximum atomic E-state index is 11.1. The molecule has 0 atom stereocenters. The van der Waals surface area contributed by atoms with E-state index in [0.717, 1.165) is 16.9 Å². The molecule has 0 saturated heterocycles. The van der Waals surface area contributed by atoms with E-state index in [-0.39, 0.29) is 0 Å². The topological polar surface area (TPSA) is 76.2 Å². The van der Waals surface area contributed by atoms with E-state index in [2.05, 4.69) is 15.1 Å². The lowest BCUT2D eigenvalue weighted by Crippen LogP contribution is -1.94. The van der Waals surface area contributed by atoms with E-state index in [0.29, 0.717) is 11.1 Å². The van der Waals surface area contributed by atoms with Crippen LogP contribution in [0.25, 0.3) is 28.0 Å². The van der Waals surface area contributed by atoms with Gasteiger partial charge in [0.1, 0.15) is 0 Å². The molecule has 4 aromatic rings. The Morgan fingerprint density at radius 2 is 2.16 bits per heavy atom. The van der Waals surface area contributed by atoms with Crippen LogP contribution in [0.4, 0.5) is 0 Å². The third kappa shape index (κ3) is 1.54. The molecule has 4 rings (SSSR count). The van der Waals surface area contributed by atoms with Gasteiger partial charge in [-0.15, -0.1) is 0 Å². The zero-order chi connectivity index (χ0) is 12.8. The minimum absolute atomic E-state index is 0.454. The number of benzene rings is 1. The van der Waals surface area contributed by atoms with Crippen LogP contribution in [0.3, 0.4) is 0 Å². The van der Waals surface area contributed by atoms with Crippen molar-refractivity contribution in [2.24, 2.45) is 0 Å². The summed E-state index contributed by atoms with van der Waals surface area (Å²) in [5.74, 6) is -0.454. The van der Waals surface area contributed by atoms with Crippen molar-refractivity contribution < 1.29 is 4.42 Å². The normalized spacial score (nSPS) is 11.4. The van der Waals surface area contributed by atoms with Gasteiger partial charge >= 0.3 is 5.76 Å². The van der Waals surface area contributed by atoms with Crippen LogP contribution in [-0.4, -0.2) is 19.6 Å². The predicted molar refractivity (Wildman–Crippen MR) is 68.8 cm³/mol. The number of aromatic nitrogens is 4. The first-order valence-electron chi connectivity index (χ1n) is 5.73. The van der Waals surface area contributed by atoms with Crippen LogP contribution in [0, 0.1) is 0 Å². The number of aromatic amines is 1. The van der Waals surface area contributed by atoms with Crippen molar-refractivity contribution in [1.82, 2.24) is 19.6 Å². The summed E-state index contributed by atoms with van der Waals surface area (Å²) in [5, 5.41) is 4.45. The molecule has 6 heteroatoms. The van der Waals surface area contributed by atoms with Crippen molar-refractivity contribution in [1.29, 1.82) is 0 Å². The smallest absolute Gasteiger partial charge is 0.408 e. The second-order valence-corrected chi connectivity index (χ2v) is 4.17. The van der Waals surface area contributed by atoms with E-state index in [9.17, 15) is 4.79 Å². The fourth-order valence-corrected chi connectivity index (χ4v) is 2.08. The lowest BCUT2D eigenvalue weighted by molar-refractivity contribution is 0.555. The third-order valence-corrected chi connectivity index (χ3v) is 2.97. The second kappa shape index (κ2) is 3.55. The molecule has 6 nitrogen and oxygen atoms in total. The summed E-state index contributed by atoms with van der Waals surface area (Å²) in [6, 6.07) is 9.24. The standard InChI is InChI=1S/C13H8N4O2/c18-13-15-10-7-8(1-3-11(10)19-13)9-2-4-12-14-5-6-17(12)16-9/h1-7H,(H,15,18). The van der Waals surface area contributed by atoms with Gasteiger partial charge in [-0.3, -0.25) is 4.98 Å². The fourth-order valence-electron chi connectivity index (χ4n) is 2.08. The van der Waals surface area contributed by atoms with Crippen LogP contribution in [0.2, 0.25) is 0 Å². The molecular weight excluding hydrogens is 244 g/mol. The highest BCUT2D eigenvalue weighted by Crippen LogP contribution is 2.21. The van der Waals surface area contributed by atoms with Crippen molar-refractivity contribution in [2.75, 3.05) is 0 Å². The Kier molecular flexibility index (Phi) is 1.88. The summed E-state index contributed by atoms with van der Waals surface area (Å²) in [6.45, 7) is 0. The van der Waals surface area contributed by atoms with Gasteiger partial charge in [0.2, 0.25) is 0 Å². The Labute approximate surface area is 106 Å². The third-order valence-electron chi connectivity index (χ3n) is 2.97. The molecule has 0 radical (unpaired) electrons. The number of nitrogens with zero attached hydrogens (tertiary/aromatic N) is 3. The molecule has 1 aromatic carbocycles. The number of hydrogen-bond donors (Lipinski definition) is 1. The minimum atomic E-state index is -0.454. The van der Waals surface area contributed by atoms with Crippen molar-refractivity contribution in [3.05, 3.63) is 53.3 Å². The fraction of sp³-hybridized carbons (Fsp3) is 0. The van der Waals surface area contributed by atoms with Gasteiger partial charge in [0.25, 0.3) is 0 Å². The number of oxazole rings is 1. The van der Waals surface area contributed by atoms with Gasteiger partial charge < -0.3 is 4.42 Å². The molecule has 0 spiro atoms. The molecule has 3 heterocycles. The second-order valence-electron chi connectivity index (χ2n) is 4.17. The Morgan fingerprint density at radius 3 is 3.11 bits per heavy atom. The summed E-state index contributed by atoms with van der Waals surface area (Å²) in [4.78, 5) is 17.9. The molecule has 0 fully saturated rings. The number of hydrogen-bond acceptors (Lipinski definition) is 4. The van der Waals surface area contributed by atoms with Gasteiger partial charge in [0.15, 0.2) is 11.2 Å². The number of rotatable bonds is 1. The van der Waals surface area contributed by atoms with Crippen molar-refractivity contribution in [3.63, 3.8) is 0 Å². The van der Waals surface area contributed by atoms with E-state index in [1.807, 2.05) is 24.3 Å². The molecular formula is C13H8N4O2. The maximum Gasteiger partial charge on any atom is 0.417 e. The predicted octanol–water partition coefficient (Wildman–Crippen LogP) is 1.83. The number of nitrogens with one attached hydrogen (secondary N) is 1. The number of imidazole rings is 1. The van der Waals surface area contributed by atoms with Gasteiger partial charge in [-0.25, -0.2) is 14.3 Å². The zero-order valence-corrected chi connectivity index (χ0v) is 9.70. The quantitative estimate of drug-likeness (QED) is 0.560. The van der Waals surface area contributed by atoms with Crippen LogP contribution in [0.15, 0.2) is 51.9 Å². The summed E-state index contributed by atoms with van der Waals surface area (Å²) in [6.07, 6.45) is 3.49. The molecule has 0 aliphatic carbocycles. The van der Waals surface area contributed by atoms with Gasteiger partial charge in [-0.05, 0) is 30.3 Å². The molecule has 0 unspecified atom stereocenters. The molecule has 0 amide bonds. The van der Waals surface area contributed by atoms with Gasteiger partial charge in [0, 0.05) is 18.0 Å². The molecule has 1 N–H and O–H groups in total. The molecule has 0 bridgehead atoms. The Bertz CT molecular complexity index is 948. The lowest BCUT2D eigenvalue weighted by atomic mass is 10.1. The van der Waals surface area contributed by atoms with Crippen LogP contribution in [-0.2, 0) is 0 Å². The van der Waals surface area contributed by atoms with Crippen LogP contribution >= 0.6 is 0 Å². The molecule has 0 aliphatic rings. The first-order chi connectivity index (χ1) is 9.29. The first-order valence-corrected chi connectivity index (χ1v) is 5.73. The zero-order valence-electron chi connectivity index (χ0n) is 9.70. The Morgan fingerprint density at radius 1 is 1.21 bits per heavy atom. The number of fused-ring (bicyclic) bond motifs is 2. The van der Waals surface area contributed by atoms with Gasteiger partial charge in [-0.1, -0.05) is 0 Å². The monoisotopic (exact) mass is 252 g/mol.